The zero-order valence-corrected chi connectivity index (χ0v) is 21.8. The van der Waals surface area contributed by atoms with Gasteiger partial charge in [-0.05, 0) is 62.8 Å². The fraction of sp³-hybridized carbons (Fsp3) is 0.500. The smallest absolute Gasteiger partial charge is 0.295 e. The molecule has 2 saturated heterocycles. The monoisotopic (exact) mass is 539 g/mol. The van der Waals surface area contributed by atoms with E-state index in [1.807, 2.05) is 0 Å². The average molecular weight is 540 g/mol. The number of alkyl halides is 2. The van der Waals surface area contributed by atoms with E-state index in [1.165, 1.54) is 11.7 Å². The van der Waals surface area contributed by atoms with E-state index >= 15 is 0 Å². The predicted octanol–water partition coefficient (Wildman–Crippen LogP) is 5.19. The minimum Gasteiger partial charge on any atom is -0.495 e. The van der Waals surface area contributed by atoms with Gasteiger partial charge in [-0.2, -0.15) is 0 Å². The molecule has 11 heteroatoms. The molecule has 3 aromatic rings. The molecule has 3 aliphatic rings. The summed E-state index contributed by atoms with van der Waals surface area (Å²) in [4.78, 5) is 36.1. The van der Waals surface area contributed by atoms with Gasteiger partial charge in [0, 0.05) is 37.6 Å². The molecule has 0 spiro atoms. The van der Waals surface area contributed by atoms with Crippen LogP contribution in [0.1, 0.15) is 73.1 Å². The number of benzene rings is 1. The molecule has 9 nitrogen and oxygen atoms in total. The summed E-state index contributed by atoms with van der Waals surface area (Å²) < 4.78 is 41.3. The van der Waals surface area contributed by atoms with Gasteiger partial charge in [0.2, 0.25) is 0 Å². The highest BCUT2D eigenvalue weighted by Gasteiger charge is 2.32. The molecule has 1 atom stereocenters. The Bertz CT molecular complexity index is 1410. The maximum atomic E-state index is 14.2. The number of nitrogens with one attached hydrogen (secondary N) is 1. The number of anilines is 2. The van der Waals surface area contributed by atoms with Crippen molar-refractivity contribution in [2.45, 2.75) is 57.6 Å². The minimum absolute atomic E-state index is 0.0405. The van der Waals surface area contributed by atoms with Crippen LogP contribution in [0.3, 0.4) is 0 Å². The molecule has 39 heavy (non-hydrogen) atoms. The first-order valence-electron chi connectivity index (χ1n) is 13.5. The number of amides is 1. The van der Waals surface area contributed by atoms with Crippen molar-refractivity contribution in [3.05, 3.63) is 41.3 Å². The number of fused-ring (bicyclic) bond motifs is 1. The molecule has 206 valence electrons. The number of likely N-dealkylation sites (tertiary alicyclic amines) is 1. The Kier molecular flexibility index (Phi) is 6.92. The highest BCUT2D eigenvalue weighted by Crippen LogP contribution is 2.38. The largest absolute Gasteiger partial charge is 0.495 e. The predicted molar refractivity (Wildman–Crippen MR) is 140 cm³/mol. The van der Waals surface area contributed by atoms with Gasteiger partial charge in [-0.1, -0.05) is 0 Å². The highest BCUT2D eigenvalue weighted by atomic mass is 19.3. The van der Waals surface area contributed by atoms with Gasteiger partial charge in [0.15, 0.2) is 11.5 Å². The molecular weight excluding hydrogens is 508 g/mol. The van der Waals surface area contributed by atoms with Gasteiger partial charge in [-0.15, -0.1) is 0 Å². The van der Waals surface area contributed by atoms with Gasteiger partial charge in [-0.25, -0.2) is 18.7 Å². The number of ether oxygens (including phenoxy) is 2. The van der Waals surface area contributed by atoms with Crippen molar-refractivity contribution in [3.63, 3.8) is 0 Å². The lowest BCUT2D eigenvalue weighted by atomic mass is 10.1. The number of hydrogen-bond donors (Lipinski definition) is 1. The van der Waals surface area contributed by atoms with Gasteiger partial charge < -0.3 is 19.7 Å². The molecule has 2 aromatic heterocycles. The Morgan fingerprint density at radius 3 is 2.56 bits per heavy atom. The van der Waals surface area contributed by atoms with Crippen molar-refractivity contribution in [1.29, 1.82) is 0 Å². The number of halogens is 2. The SMILES string of the molecule is COc1cc(C(=O)N2CCC2)ccc1Nc1cc(CC(=O)C2CC2)nc2c1nc(C(F)F)n2C1CCCCO1. The molecule has 1 saturated carbocycles. The zero-order valence-electron chi connectivity index (χ0n) is 21.8. The molecule has 6 rings (SSSR count). The number of rotatable bonds is 9. The number of carbonyl (C=O) groups is 2. The number of nitrogens with zero attached hydrogens (tertiary/aromatic N) is 4. The number of aromatic nitrogens is 3. The quantitative estimate of drug-likeness (QED) is 0.400. The molecule has 3 fully saturated rings. The molecule has 1 amide bonds. The Hall–Kier alpha value is -3.60. The van der Waals surface area contributed by atoms with Gasteiger partial charge in [0.05, 0.1) is 24.2 Å². The third kappa shape index (κ3) is 5.07. The number of methoxy groups -OCH3 is 1. The van der Waals surface area contributed by atoms with E-state index in [4.69, 9.17) is 9.47 Å². The number of hydrogen-bond acceptors (Lipinski definition) is 7. The van der Waals surface area contributed by atoms with Gasteiger partial charge in [0.1, 0.15) is 23.3 Å². The van der Waals surface area contributed by atoms with Crippen molar-refractivity contribution in [3.8, 4) is 5.75 Å². The second-order valence-corrected chi connectivity index (χ2v) is 10.4. The Morgan fingerprint density at radius 1 is 1.10 bits per heavy atom. The summed E-state index contributed by atoms with van der Waals surface area (Å²) in [5.74, 6) is 0.0738. The number of ketones is 1. The molecular formula is C28H31F2N5O4. The topological polar surface area (TPSA) is 98.6 Å². The van der Waals surface area contributed by atoms with E-state index in [0.717, 1.165) is 45.2 Å². The van der Waals surface area contributed by atoms with Crippen molar-refractivity contribution < 1.29 is 27.8 Å². The second kappa shape index (κ2) is 10.5. The summed E-state index contributed by atoms with van der Waals surface area (Å²) in [7, 11) is 1.50. The lowest BCUT2D eigenvalue weighted by molar-refractivity contribution is -0.119. The molecule has 0 radical (unpaired) electrons. The highest BCUT2D eigenvalue weighted by molar-refractivity contribution is 5.96. The van der Waals surface area contributed by atoms with Crippen molar-refractivity contribution >= 4 is 34.2 Å². The maximum Gasteiger partial charge on any atom is 0.295 e. The fourth-order valence-electron chi connectivity index (χ4n) is 5.19. The Balaban J connectivity index is 1.43. The van der Waals surface area contributed by atoms with Crippen LogP contribution in [0.5, 0.6) is 5.75 Å². The van der Waals surface area contributed by atoms with E-state index in [1.54, 1.807) is 29.2 Å². The zero-order chi connectivity index (χ0) is 27.1. The second-order valence-electron chi connectivity index (χ2n) is 10.4. The normalized spacial score (nSPS) is 19.3. The number of imidazole rings is 1. The van der Waals surface area contributed by atoms with Gasteiger partial charge >= 0.3 is 0 Å². The standard InChI is InChI=1S/C28H31F2N5O4/c1-38-22-13-17(28(37)34-10-4-11-34)8-9-19(22)32-20-14-18(15-21(36)16-6-7-16)31-26-24(20)33-27(25(29)30)35(26)23-5-2-3-12-39-23/h8-9,13-14,16,23,25H,2-7,10-12,15H2,1H3,(H,31,32). The van der Waals surface area contributed by atoms with Crippen molar-refractivity contribution in [1.82, 2.24) is 19.4 Å². The van der Waals surface area contributed by atoms with Crippen LogP contribution in [-0.2, 0) is 16.0 Å². The molecule has 1 aliphatic carbocycles. The Morgan fingerprint density at radius 2 is 1.92 bits per heavy atom. The van der Waals surface area contributed by atoms with Crippen molar-refractivity contribution in [2.24, 2.45) is 5.92 Å². The minimum atomic E-state index is -2.84. The van der Waals surface area contributed by atoms with Crippen LogP contribution in [0.15, 0.2) is 24.3 Å². The number of carbonyl (C=O) groups excluding carboxylic acids is 2. The summed E-state index contributed by atoms with van der Waals surface area (Å²) in [5.41, 5.74) is 2.45. The first kappa shape index (κ1) is 25.7. The first-order valence-corrected chi connectivity index (χ1v) is 13.5. The van der Waals surface area contributed by atoms with Crippen LogP contribution in [0.2, 0.25) is 0 Å². The van der Waals surface area contributed by atoms with E-state index in [-0.39, 0.29) is 35.2 Å². The summed E-state index contributed by atoms with van der Waals surface area (Å²) in [6.07, 6.45) is 1.68. The van der Waals surface area contributed by atoms with Crippen LogP contribution in [-0.4, -0.2) is 57.9 Å². The molecule has 4 heterocycles. The lowest BCUT2D eigenvalue weighted by Crippen LogP contribution is -2.42. The summed E-state index contributed by atoms with van der Waals surface area (Å²) in [6.45, 7) is 1.94. The van der Waals surface area contributed by atoms with Crippen molar-refractivity contribution in [2.75, 3.05) is 32.1 Å². The average Bonchev–Trinajstić information content (AvgIpc) is 3.68. The van der Waals surface area contributed by atoms with Crippen LogP contribution in [0, 0.1) is 5.92 Å². The summed E-state index contributed by atoms with van der Waals surface area (Å²) >= 11 is 0. The third-order valence-corrected chi connectivity index (χ3v) is 7.62. The van der Waals surface area contributed by atoms with Crippen LogP contribution >= 0.6 is 0 Å². The molecule has 1 aromatic carbocycles. The first-order chi connectivity index (χ1) is 18.9. The number of pyridine rings is 1. The van der Waals surface area contributed by atoms with Crippen LogP contribution in [0.4, 0.5) is 20.2 Å². The van der Waals surface area contributed by atoms with E-state index in [9.17, 15) is 18.4 Å². The molecule has 2 aliphatic heterocycles. The Labute approximate surface area is 224 Å². The number of Topliss-reactive ketones (excluding diaryl/α,β-unsaturated/α-hetero) is 1. The van der Waals surface area contributed by atoms with Gasteiger partial charge in [0.25, 0.3) is 12.3 Å². The van der Waals surface area contributed by atoms with Crippen LogP contribution in [0.25, 0.3) is 11.2 Å². The van der Waals surface area contributed by atoms with Crippen LogP contribution < -0.4 is 10.1 Å². The third-order valence-electron chi connectivity index (χ3n) is 7.62. The van der Waals surface area contributed by atoms with E-state index in [2.05, 4.69) is 15.3 Å². The molecule has 1 unspecified atom stereocenters. The maximum absolute atomic E-state index is 14.2. The summed E-state index contributed by atoms with van der Waals surface area (Å²) in [6, 6.07) is 6.79. The summed E-state index contributed by atoms with van der Waals surface area (Å²) in [5, 5.41) is 3.27. The molecule has 1 N–H and O–H groups in total. The van der Waals surface area contributed by atoms with E-state index < -0.39 is 18.5 Å². The van der Waals surface area contributed by atoms with E-state index in [0.29, 0.717) is 41.4 Å². The van der Waals surface area contributed by atoms with Gasteiger partial charge in [-0.3, -0.25) is 14.2 Å². The lowest BCUT2D eigenvalue weighted by Gasteiger charge is -2.31. The molecule has 0 bridgehead atoms. The fourth-order valence-corrected chi connectivity index (χ4v) is 5.19.